The molecule has 0 saturated carbocycles. The van der Waals surface area contributed by atoms with Crippen LogP contribution < -0.4 is 4.74 Å². The number of hydrogen-bond donors (Lipinski definition) is 0. The number of carbonyl (C=O) groups is 1. The molecule has 0 aliphatic rings. The Morgan fingerprint density at radius 2 is 1.68 bits per heavy atom. The van der Waals surface area contributed by atoms with Gasteiger partial charge in [0.25, 0.3) is 0 Å². The normalized spacial score (nSPS) is 10.6. The van der Waals surface area contributed by atoms with Crippen LogP contribution in [0.4, 0.5) is 8.78 Å². The first-order chi connectivity index (χ1) is 10.6. The first-order valence-electron chi connectivity index (χ1n) is 6.73. The third-order valence-electron chi connectivity index (χ3n) is 3.32. The third kappa shape index (κ3) is 2.96. The Kier molecular flexibility index (Phi) is 3.83. The van der Waals surface area contributed by atoms with E-state index in [0.29, 0.717) is 5.56 Å². The molecule has 0 heterocycles. The average molecular weight is 298 g/mol. The van der Waals surface area contributed by atoms with Crippen LogP contribution >= 0.6 is 0 Å². The van der Waals surface area contributed by atoms with Crippen molar-refractivity contribution >= 4 is 16.6 Å². The maximum absolute atomic E-state index is 13.4. The second kappa shape index (κ2) is 5.93. The third-order valence-corrected chi connectivity index (χ3v) is 3.32. The molecule has 3 rings (SSSR count). The molecule has 3 aromatic carbocycles. The highest BCUT2D eigenvalue weighted by Gasteiger charge is 2.10. The Bertz CT molecular complexity index is 843. The second-order valence-electron chi connectivity index (χ2n) is 4.85. The van der Waals surface area contributed by atoms with Gasteiger partial charge in [0.2, 0.25) is 0 Å². The van der Waals surface area contributed by atoms with Crippen LogP contribution in [0.2, 0.25) is 0 Å². The minimum atomic E-state index is -0.827. The fourth-order valence-corrected chi connectivity index (χ4v) is 2.18. The summed E-state index contributed by atoms with van der Waals surface area (Å²) >= 11 is 0. The number of fused-ring (bicyclic) bond motifs is 1. The molecule has 110 valence electrons. The van der Waals surface area contributed by atoms with Gasteiger partial charge in [0.05, 0.1) is 0 Å². The molecule has 0 fully saturated rings. The van der Waals surface area contributed by atoms with Gasteiger partial charge in [0.1, 0.15) is 5.82 Å². The summed E-state index contributed by atoms with van der Waals surface area (Å²) in [4.78, 5) is 12.1. The van der Waals surface area contributed by atoms with Gasteiger partial charge in [0.15, 0.2) is 24.0 Å². The van der Waals surface area contributed by atoms with E-state index in [1.807, 2.05) is 30.3 Å². The molecule has 0 spiro atoms. The molecule has 22 heavy (non-hydrogen) atoms. The summed E-state index contributed by atoms with van der Waals surface area (Å²) in [6.07, 6.45) is 0. The number of Topliss-reactive ketones (excluding diaryl/α,β-unsaturated/α-hetero) is 1. The van der Waals surface area contributed by atoms with Crippen LogP contribution in [-0.2, 0) is 0 Å². The van der Waals surface area contributed by atoms with Crippen LogP contribution in [0, 0.1) is 11.6 Å². The number of rotatable bonds is 4. The van der Waals surface area contributed by atoms with E-state index in [0.717, 1.165) is 22.9 Å². The molecular formula is C18H12F2O2. The van der Waals surface area contributed by atoms with Gasteiger partial charge in [-0.3, -0.25) is 4.79 Å². The lowest BCUT2D eigenvalue weighted by Crippen LogP contribution is -2.12. The Morgan fingerprint density at radius 1 is 0.909 bits per heavy atom. The number of hydrogen-bond acceptors (Lipinski definition) is 2. The molecule has 0 atom stereocenters. The van der Waals surface area contributed by atoms with Crippen LogP contribution in [0.1, 0.15) is 10.4 Å². The Morgan fingerprint density at radius 3 is 2.45 bits per heavy atom. The van der Waals surface area contributed by atoms with Crippen LogP contribution in [0.25, 0.3) is 10.8 Å². The highest BCUT2D eigenvalue weighted by Crippen LogP contribution is 2.19. The number of carbonyl (C=O) groups excluding carboxylic acids is 1. The van der Waals surface area contributed by atoms with Crippen LogP contribution in [-0.4, -0.2) is 12.4 Å². The summed E-state index contributed by atoms with van der Waals surface area (Å²) in [5.74, 6) is -1.93. The zero-order valence-electron chi connectivity index (χ0n) is 11.6. The highest BCUT2D eigenvalue weighted by atomic mass is 19.1. The smallest absolute Gasteiger partial charge is 0.200 e. The SMILES string of the molecule is O=C(COc1ccc(F)cc1F)c1ccc2ccccc2c1. The van der Waals surface area contributed by atoms with Crippen LogP contribution in [0.15, 0.2) is 60.7 Å². The molecule has 3 aromatic rings. The zero-order valence-corrected chi connectivity index (χ0v) is 11.6. The monoisotopic (exact) mass is 298 g/mol. The standard InChI is InChI=1S/C18H12F2O2/c19-15-7-8-18(16(20)10-15)22-11-17(21)14-6-5-12-3-1-2-4-13(12)9-14/h1-10H,11H2. The number of benzene rings is 3. The number of ether oxygens (including phenoxy) is 1. The lowest BCUT2D eigenvalue weighted by Gasteiger charge is -2.07. The molecular weight excluding hydrogens is 286 g/mol. The van der Waals surface area contributed by atoms with E-state index in [1.165, 1.54) is 6.07 Å². The zero-order chi connectivity index (χ0) is 15.5. The molecule has 0 aromatic heterocycles. The van der Waals surface area contributed by atoms with Gasteiger partial charge in [0, 0.05) is 11.6 Å². The number of halogens is 2. The van der Waals surface area contributed by atoms with E-state index >= 15 is 0 Å². The van der Waals surface area contributed by atoms with Gasteiger partial charge in [-0.1, -0.05) is 36.4 Å². The van der Waals surface area contributed by atoms with E-state index in [9.17, 15) is 13.6 Å². The van der Waals surface area contributed by atoms with Crippen LogP contribution in [0.3, 0.4) is 0 Å². The van der Waals surface area contributed by atoms with Gasteiger partial charge in [-0.05, 0) is 29.0 Å². The molecule has 2 nitrogen and oxygen atoms in total. The minimum Gasteiger partial charge on any atom is -0.482 e. The lowest BCUT2D eigenvalue weighted by atomic mass is 10.0. The van der Waals surface area contributed by atoms with Gasteiger partial charge >= 0.3 is 0 Å². The quantitative estimate of drug-likeness (QED) is 0.668. The molecule has 0 N–H and O–H groups in total. The Hall–Kier alpha value is -2.75. The summed E-state index contributed by atoms with van der Waals surface area (Å²) in [6, 6.07) is 16.0. The van der Waals surface area contributed by atoms with Crippen molar-refractivity contribution in [3.05, 3.63) is 77.9 Å². The van der Waals surface area contributed by atoms with E-state index in [-0.39, 0.29) is 18.1 Å². The van der Waals surface area contributed by atoms with Crippen molar-refractivity contribution in [2.75, 3.05) is 6.61 Å². The first-order valence-corrected chi connectivity index (χ1v) is 6.73. The number of ketones is 1. The maximum Gasteiger partial charge on any atom is 0.200 e. The van der Waals surface area contributed by atoms with Gasteiger partial charge < -0.3 is 4.74 Å². The minimum absolute atomic E-state index is 0.143. The van der Waals surface area contributed by atoms with Crippen molar-refractivity contribution in [3.63, 3.8) is 0 Å². The van der Waals surface area contributed by atoms with E-state index < -0.39 is 11.6 Å². The topological polar surface area (TPSA) is 26.3 Å². The summed E-state index contributed by atoms with van der Waals surface area (Å²) in [6.45, 7) is -0.305. The van der Waals surface area contributed by atoms with E-state index in [4.69, 9.17) is 4.74 Å². The van der Waals surface area contributed by atoms with E-state index in [1.54, 1.807) is 12.1 Å². The van der Waals surface area contributed by atoms with Gasteiger partial charge in [-0.2, -0.15) is 0 Å². The summed E-state index contributed by atoms with van der Waals surface area (Å²) in [5.41, 5.74) is 0.487. The van der Waals surface area contributed by atoms with Crippen molar-refractivity contribution in [2.24, 2.45) is 0 Å². The summed E-state index contributed by atoms with van der Waals surface area (Å²) < 4.78 is 31.4. The molecule has 0 bridgehead atoms. The molecule has 0 amide bonds. The fraction of sp³-hybridized carbons (Fsp3) is 0.0556. The van der Waals surface area contributed by atoms with E-state index in [2.05, 4.69) is 0 Å². The second-order valence-corrected chi connectivity index (χ2v) is 4.85. The van der Waals surface area contributed by atoms with Crippen molar-refractivity contribution < 1.29 is 18.3 Å². The Balaban J connectivity index is 1.75. The highest BCUT2D eigenvalue weighted by molar-refractivity contribution is 6.00. The van der Waals surface area contributed by atoms with Crippen LogP contribution in [0.5, 0.6) is 5.75 Å². The average Bonchev–Trinajstić information content (AvgIpc) is 2.53. The Labute approximate surface area is 126 Å². The largest absolute Gasteiger partial charge is 0.482 e. The van der Waals surface area contributed by atoms with Gasteiger partial charge in [-0.15, -0.1) is 0 Å². The van der Waals surface area contributed by atoms with Crippen molar-refractivity contribution in [3.8, 4) is 5.75 Å². The van der Waals surface area contributed by atoms with Crippen molar-refractivity contribution in [1.29, 1.82) is 0 Å². The molecule has 0 saturated heterocycles. The lowest BCUT2D eigenvalue weighted by molar-refractivity contribution is 0.0919. The fourth-order valence-electron chi connectivity index (χ4n) is 2.18. The van der Waals surface area contributed by atoms with Crippen molar-refractivity contribution in [2.45, 2.75) is 0 Å². The first kappa shape index (κ1) is 14.2. The molecule has 0 radical (unpaired) electrons. The molecule has 0 aliphatic carbocycles. The van der Waals surface area contributed by atoms with Gasteiger partial charge in [-0.25, -0.2) is 8.78 Å². The predicted octanol–water partition coefficient (Wildman–Crippen LogP) is 4.38. The molecule has 4 heteroatoms. The molecule has 0 unspecified atom stereocenters. The predicted molar refractivity (Wildman–Crippen MR) is 80.1 cm³/mol. The summed E-state index contributed by atoms with van der Waals surface area (Å²) in [5, 5.41) is 1.98. The molecule has 0 aliphatic heterocycles. The maximum atomic E-state index is 13.4. The summed E-state index contributed by atoms with van der Waals surface area (Å²) in [7, 11) is 0. The van der Waals surface area contributed by atoms with Crippen molar-refractivity contribution in [1.82, 2.24) is 0 Å².